The van der Waals surface area contributed by atoms with Crippen molar-refractivity contribution in [2.45, 2.75) is 25.3 Å². The van der Waals surface area contributed by atoms with Crippen LogP contribution in [-0.4, -0.2) is 49.2 Å². The van der Waals surface area contributed by atoms with Crippen LogP contribution in [0, 0.1) is 0 Å². The molecule has 90 valence electrons. The van der Waals surface area contributed by atoms with Crippen LogP contribution in [0.3, 0.4) is 0 Å². The Labute approximate surface area is 97.2 Å². The number of hydrogen-bond donors (Lipinski definition) is 1. The van der Waals surface area contributed by atoms with Gasteiger partial charge in [0, 0.05) is 32.2 Å². The van der Waals surface area contributed by atoms with Crippen LogP contribution < -0.4 is 5.73 Å². The molecule has 2 N–H and O–H groups in total. The zero-order valence-corrected chi connectivity index (χ0v) is 10.3. The second kappa shape index (κ2) is 4.97. The number of halogens is 1. The molecule has 2 aliphatic rings. The summed E-state index contributed by atoms with van der Waals surface area (Å²) in [6.07, 6.45) is 2.76. The predicted molar refractivity (Wildman–Crippen MR) is 61.1 cm³/mol. The van der Waals surface area contributed by atoms with Crippen LogP contribution in [0.1, 0.15) is 19.3 Å². The summed E-state index contributed by atoms with van der Waals surface area (Å²) in [7, 11) is -3.18. The lowest BCUT2D eigenvalue weighted by Crippen LogP contribution is -2.42. The van der Waals surface area contributed by atoms with Gasteiger partial charge in [-0.15, -0.1) is 12.4 Å². The van der Waals surface area contributed by atoms with Gasteiger partial charge < -0.3 is 5.73 Å². The fourth-order valence-electron chi connectivity index (χ4n) is 2.05. The van der Waals surface area contributed by atoms with Crippen molar-refractivity contribution < 1.29 is 8.42 Å². The molecule has 0 aromatic carbocycles. The molecule has 0 bridgehead atoms. The van der Waals surface area contributed by atoms with Crippen LogP contribution in [-0.2, 0) is 10.2 Å². The van der Waals surface area contributed by atoms with Gasteiger partial charge in [0.2, 0.25) is 0 Å². The Balaban J connectivity index is 0.00000112. The Hall–Kier alpha value is 0.120. The molecular formula is C8H18ClN3O2S. The normalized spacial score (nSPS) is 29.3. The van der Waals surface area contributed by atoms with Crippen molar-refractivity contribution in [2.24, 2.45) is 5.73 Å². The smallest absolute Gasteiger partial charge is 0.282 e. The monoisotopic (exact) mass is 255 g/mol. The van der Waals surface area contributed by atoms with Crippen LogP contribution >= 0.6 is 12.4 Å². The van der Waals surface area contributed by atoms with E-state index in [0.29, 0.717) is 26.2 Å². The predicted octanol–water partition coefficient (Wildman–Crippen LogP) is -0.218. The standard InChI is InChI=1S/C8H17N3O2S.ClH/c9-8-3-6-11(7-8)14(12,13)10-4-1-2-5-10;/h8H,1-7,9H2;1H. The summed E-state index contributed by atoms with van der Waals surface area (Å²) < 4.78 is 27.0. The van der Waals surface area contributed by atoms with Gasteiger partial charge in [0.25, 0.3) is 10.2 Å². The van der Waals surface area contributed by atoms with Crippen molar-refractivity contribution in [3.63, 3.8) is 0 Å². The Morgan fingerprint density at radius 1 is 1.07 bits per heavy atom. The Bertz CT molecular complexity index is 303. The second-order valence-electron chi connectivity index (χ2n) is 4.02. The van der Waals surface area contributed by atoms with E-state index >= 15 is 0 Å². The molecule has 1 atom stereocenters. The van der Waals surface area contributed by atoms with Crippen LogP contribution in [0.25, 0.3) is 0 Å². The van der Waals surface area contributed by atoms with Crippen LogP contribution in [0.5, 0.6) is 0 Å². The minimum Gasteiger partial charge on any atom is -0.326 e. The van der Waals surface area contributed by atoms with Gasteiger partial charge in [-0.1, -0.05) is 0 Å². The Morgan fingerprint density at radius 3 is 2.13 bits per heavy atom. The molecule has 5 nitrogen and oxygen atoms in total. The zero-order valence-electron chi connectivity index (χ0n) is 8.63. The summed E-state index contributed by atoms with van der Waals surface area (Å²) in [5, 5.41) is 0. The van der Waals surface area contributed by atoms with Crippen molar-refractivity contribution in [3.8, 4) is 0 Å². The summed E-state index contributed by atoms with van der Waals surface area (Å²) in [5.74, 6) is 0. The molecule has 2 heterocycles. The molecule has 0 radical (unpaired) electrons. The third-order valence-electron chi connectivity index (χ3n) is 2.91. The molecule has 0 aromatic rings. The van der Waals surface area contributed by atoms with Crippen LogP contribution in [0.2, 0.25) is 0 Å². The van der Waals surface area contributed by atoms with E-state index in [4.69, 9.17) is 5.73 Å². The van der Waals surface area contributed by atoms with Gasteiger partial charge in [-0.2, -0.15) is 17.0 Å². The number of rotatable bonds is 2. The molecule has 0 saturated carbocycles. The van der Waals surface area contributed by atoms with Crippen LogP contribution in [0.15, 0.2) is 0 Å². The number of hydrogen-bond acceptors (Lipinski definition) is 3. The van der Waals surface area contributed by atoms with Gasteiger partial charge in [0.15, 0.2) is 0 Å². The van der Waals surface area contributed by atoms with Gasteiger partial charge in [0.1, 0.15) is 0 Å². The summed E-state index contributed by atoms with van der Waals surface area (Å²) in [5.41, 5.74) is 5.70. The highest BCUT2D eigenvalue weighted by molar-refractivity contribution is 7.86. The van der Waals surface area contributed by atoms with Gasteiger partial charge in [-0.25, -0.2) is 0 Å². The first-order chi connectivity index (χ1) is 6.60. The van der Waals surface area contributed by atoms with E-state index in [-0.39, 0.29) is 18.4 Å². The van der Waals surface area contributed by atoms with Crippen molar-refractivity contribution in [1.82, 2.24) is 8.61 Å². The van der Waals surface area contributed by atoms with Crippen molar-refractivity contribution >= 4 is 22.6 Å². The van der Waals surface area contributed by atoms with Gasteiger partial charge in [0.05, 0.1) is 0 Å². The largest absolute Gasteiger partial charge is 0.326 e. The maximum atomic E-state index is 12.0. The van der Waals surface area contributed by atoms with E-state index in [2.05, 4.69) is 0 Å². The average molecular weight is 256 g/mol. The first kappa shape index (κ1) is 13.2. The van der Waals surface area contributed by atoms with E-state index in [0.717, 1.165) is 19.3 Å². The summed E-state index contributed by atoms with van der Waals surface area (Å²) in [6.45, 7) is 2.42. The fraction of sp³-hybridized carbons (Fsp3) is 1.00. The zero-order chi connectivity index (χ0) is 10.2. The van der Waals surface area contributed by atoms with E-state index in [1.54, 1.807) is 4.31 Å². The fourth-order valence-corrected chi connectivity index (χ4v) is 3.81. The minimum atomic E-state index is -3.18. The first-order valence-corrected chi connectivity index (χ1v) is 6.51. The quantitative estimate of drug-likeness (QED) is 0.742. The lowest BCUT2D eigenvalue weighted by Gasteiger charge is -2.22. The molecule has 15 heavy (non-hydrogen) atoms. The second-order valence-corrected chi connectivity index (χ2v) is 5.95. The molecule has 0 aliphatic carbocycles. The molecule has 2 fully saturated rings. The molecule has 2 saturated heterocycles. The van der Waals surface area contributed by atoms with E-state index in [9.17, 15) is 8.42 Å². The minimum absolute atomic E-state index is 0. The highest BCUT2D eigenvalue weighted by atomic mass is 35.5. The van der Waals surface area contributed by atoms with Gasteiger partial charge in [-0.3, -0.25) is 0 Å². The number of nitrogens with zero attached hydrogens (tertiary/aromatic N) is 2. The maximum Gasteiger partial charge on any atom is 0.282 e. The topological polar surface area (TPSA) is 66.6 Å². The maximum absolute atomic E-state index is 12.0. The van der Waals surface area contributed by atoms with E-state index in [1.807, 2.05) is 0 Å². The lowest BCUT2D eigenvalue weighted by molar-refractivity contribution is 0.395. The lowest BCUT2D eigenvalue weighted by atomic mass is 10.3. The van der Waals surface area contributed by atoms with E-state index in [1.165, 1.54) is 4.31 Å². The molecule has 1 unspecified atom stereocenters. The molecule has 7 heteroatoms. The Morgan fingerprint density at radius 2 is 1.67 bits per heavy atom. The van der Waals surface area contributed by atoms with Crippen molar-refractivity contribution in [1.29, 1.82) is 0 Å². The summed E-state index contributed by atoms with van der Waals surface area (Å²) in [4.78, 5) is 0. The highest BCUT2D eigenvalue weighted by Crippen LogP contribution is 2.20. The molecule has 2 rings (SSSR count). The summed E-state index contributed by atoms with van der Waals surface area (Å²) >= 11 is 0. The van der Waals surface area contributed by atoms with Gasteiger partial charge >= 0.3 is 0 Å². The first-order valence-electron chi connectivity index (χ1n) is 5.11. The Kier molecular flexibility index (Phi) is 4.37. The third kappa shape index (κ3) is 2.62. The summed E-state index contributed by atoms with van der Waals surface area (Å²) in [6, 6.07) is 0.0207. The van der Waals surface area contributed by atoms with Crippen LogP contribution in [0.4, 0.5) is 0 Å². The highest BCUT2D eigenvalue weighted by Gasteiger charge is 2.35. The number of nitrogens with two attached hydrogens (primary N) is 1. The van der Waals surface area contributed by atoms with Crippen molar-refractivity contribution in [3.05, 3.63) is 0 Å². The molecule has 2 aliphatic heterocycles. The molecule has 0 spiro atoms. The van der Waals surface area contributed by atoms with Crippen molar-refractivity contribution in [2.75, 3.05) is 26.2 Å². The van der Waals surface area contributed by atoms with Gasteiger partial charge in [-0.05, 0) is 19.3 Å². The third-order valence-corrected chi connectivity index (χ3v) is 4.91. The molecule has 0 aromatic heterocycles. The SMILES string of the molecule is Cl.NC1CCN(S(=O)(=O)N2CCCC2)C1. The van der Waals surface area contributed by atoms with E-state index < -0.39 is 10.2 Å². The molecular weight excluding hydrogens is 238 g/mol. The average Bonchev–Trinajstić information content (AvgIpc) is 2.72. The molecule has 0 amide bonds.